The van der Waals surface area contributed by atoms with E-state index in [-0.39, 0.29) is 11.9 Å². The third-order valence-corrected chi connectivity index (χ3v) is 6.16. The van der Waals surface area contributed by atoms with E-state index in [1.54, 1.807) is 6.92 Å². The van der Waals surface area contributed by atoms with Gasteiger partial charge >= 0.3 is 0 Å². The second kappa shape index (κ2) is 9.43. The fourth-order valence-corrected chi connectivity index (χ4v) is 4.34. The maximum atomic E-state index is 12.3. The van der Waals surface area contributed by atoms with E-state index in [0.717, 1.165) is 43.1 Å². The molecule has 31 heavy (non-hydrogen) atoms. The van der Waals surface area contributed by atoms with Crippen LogP contribution < -0.4 is 0 Å². The summed E-state index contributed by atoms with van der Waals surface area (Å²) in [4.78, 5) is 36.2. The first kappa shape index (κ1) is 21.2. The van der Waals surface area contributed by atoms with Crippen LogP contribution in [0.1, 0.15) is 45.0 Å². The number of ketones is 1. The number of Topliss-reactive ketones (excluding diaryl/α,β-unsaturated/α-hetero) is 1. The maximum absolute atomic E-state index is 12.3. The van der Waals surface area contributed by atoms with Crippen molar-refractivity contribution in [1.29, 1.82) is 0 Å². The lowest BCUT2D eigenvalue weighted by Gasteiger charge is -2.40. The molecule has 1 fully saturated rings. The Morgan fingerprint density at radius 2 is 1.94 bits per heavy atom. The second-order valence-corrected chi connectivity index (χ2v) is 8.27. The van der Waals surface area contributed by atoms with Crippen LogP contribution in [0.4, 0.5) is 0 Å². The molecule has 1 aromatic heterocycles. The average Bonchev–Trinajstić information content (AvgIpc) is 3.28. The Labute approximate surface area is 183 Å². The number of piperazine rings is 1. The van der Waals surface area contributed by atoms with Crippen molar-refractivity contribution in [3.63, 3.8) is 0 Å². The Morgan fingerprint density at radius 3 is 2.71 bits per heavy atom. The Hall–Kier alpha value is -2.99. The van der Waals surface area contributed by atoms with Crippen LogP contribution in [0, 0.1) is 0 Å². The van der Waals surface area contributed by atoms with Crippen LogP contribution in [-0.4, -0.2) is 57.6 Å². The number of hydrogen-bond donors (Lipinski definition) is 1. The molecule has 2 heterocycles. The van der Waals surface area contributed by atoms with Crippen molar-refractivity contribution in [3.8, 4) is 11.3 Å². The third-order valence-electron chi connectivity index (χ3n) is 6.16. The molecule has 1 aliphatic rings. The molecule has 0 aliphatic carbocycles. The summed E-state index contributed by atoms with van der Waals surface area (Å²) in [6.07, 6.45) is 3.95. The van der Waals surface area contributed by atoms with Gasteiger partial charge in [0.2, 0.25) is 5.91 Å². The van der Waals surface area contributed by atoms with Gasteiger partial charge in [0.25, 0.3) is 0 Å². The van der Waals surface area contributed by atoms with E-state index in [1.165, 1.54) is 10.8 Å². The largest absolute Gasteiger partial charge is 0.340 e. The van der Waals surface area contributed by atoms with Crippen LogP contribution in [0.5, 0.6) is 0 Å². The molecular formula is C25H30N4O2. The number of nitrogens with zero attached hydrogens (tertiary/aromatic N) is 3. The highest BCUT2D eigenvalue weighted by atomic mass is 16.2. The van der Waals surface area contributed by atoms with Gasteiger partial charge in [-0.1, -0.05) is 43.3 Å². The highest BCUT2D eigenvalue weighted by Crippen LogP contribution is 2.28. The molecule has 6 nitrogen and oxygen atoms in total. The highest BCUT2D eigenvalue weighted by molar-refractivity contribution is 5.86. The van der Waals surface area contributed by atoms with Crippen molar-refractivity contribution in [2.45, 2.75) is 39.2 Å². The quantitative estimate of drug-likeness (QED) is 0.625. The molecule has 0 spiro atoms. The number of H-pyrrole nitrogens is 1. The average molecular weight is 419 g/mol. The fourth-order valence-electron chi connectivity index (χ4n) is 4.34. The van der Waals surface area contributed by atoms with E-state index in [9.17, 15) is 9.59 Å². The van der Waals surface area contributed by atoms with Gasteiger partial charge in [-0.05, 0) is 29.8 Å². The number of carbonyl (C=O) groups excluding carboxylic acids is 2. The first-order valence-corrected chi connectivity index (χ1v) is 11.1. The molecule has 1 aliphatic heterocycles. The first-order valence-electron chi connectivity index (χ1n) is 11.1. The van der Waals surface area contributed by atoms with Crippen molar-refractivity contribution < 1.29 is 9.59 Å². The summed E-state index contributed by atoms with van der Waals surface area (Å²) in [5.41, 5.74) is 2.03. The Morgan fingerprint density at radius 1 is 1.13 bits per heavy atom. The molecule has 162 valence electrons. The predicted molar refractivity (Wildman–Crippen MR) is 123 cm³/mol. The standard InChI is InChI=1S/C25H30N4O2/c1-3-22(31)9-6-12-28-13-14-29(18(2)30)24(17-28)25-26-16-23(27-25)21-11-10-19-7-4-5-8-20(19)15-21/h4-5,7-8,10-11,15-16,24H,3,6,9,12-14,17H2,1-2H3,(H,26,27). The summed E-state index contributed by atoms with van der Waals surface area (Å²) < 4.78 is 0. The number of nitrogens with one attached hydrogen (secondary N) is 1. The summed E-state index contributed by atoms with van der Waals surface area (Å²) in [6, 6.07) is 14.6. The number of carbonyl (C=O) groups is 2. The molecule has 2 aromatic carbocycles. The number of hydrogen-bond acceptors (Lipinski definition) is 4. The van der Waals surface area contributed by atoms with Crippen LogP contribution in [0.15, 0.2) is 48.7 Å². The van der Waals surface area contributed by atoms with Crippen molar-refractivity contribution in [2.75, 3.05) is 26.2 Å². The van der Waals surface area contributed by atoms with Gasteiger partial charge in [-0.25, -0.2) is 4.98 Å². The molecule has 1 unspecified atom stereocenters. The van der Waals surface area contributed by atoms with Gasteiger partial charge in [0.1, 0.15) is 17.6 Å². The summed E-state index contributed by atoms with van der Waals surface area (Å²) in [6.45, 7) is 6.63. The Bertz CT molecular complexity index is 1070. The number of rotatable bonds is 7. The van der Waals surface area contributed by atoms with Gasteiger partial charge in [0, 0.05) is 45.0 Å². The summed E-state index contributed by atoms with van der Waals surface area (Å²) in [5, 5.41) is 2.39. The monoisotopic (exact) mass is 418 g/mol. The number of imidazole rings is 1. The number of fused-ring (bicyclic) bond motifs is 1. The minimum absolute atomic E-state index is 0.0643. The van der Waals surface area contributed by atoms with Gasteiger partial charge in [-0.2, -0.15) is 0 Å². The van der Waals surface area contributed by atoms with Crippen molar-refractivity contribution in [1.82, 2.24) is 19.8 Å². The normalized spacial score (nSPS) is 17.2. The molecule has 4 rings (SSSR count). The van der Waals surface area contributed by atoms with E-state index < -0.39 is 0 Å². The minimum atomic E-state index is -0.109. The maximum Gasteiger partial charge on any atom is 0.220 e. The molecule has 0 radical (unpaired) electrons. The number of aromatic nitrogens is 2. The second-order valence-electron chi connectivity index (χ2n) is 8.27. The topological polar surface area (TPSA) is 69.3 Å². The number of aromatic amines is 1. The molecule has 0 bridgehead atoms. The number of benzene rings is 2. The zero-order chi connectivity index (χ0) is 21.8. The van der Waals surface area contributed by atoms with E-state index in [0.29, 0.717) is 25.2 Å². The van der Waals surface area contributed by atoms with Crippen molar-refractivity contribution in [2.24, 2.45) is 0 Å². The summed E-state index contributed by atoms with van der Waals surface area (Å²) in [7, 11) is 0. The predicted octanol–water partition coefficient (Wildman–Crippen LogP) is 4.19. The minimum Gasteiger partial charge on any atom is -0.340 e. The van der Waals surface area contributed by atoms with Gasteiger partial charge < -0.3 is 9.88 Å². The van der Waals surface area contributed by atoms with Gasteiger partial charge in [0.15, 0.2) is 0 Å². The summed E-state index contributed by atoms with van der Waals surface area (Å²) >= 11 is 0. The van der Waals surface area contributed by atoms with Crippen LogP contribution in [-0.2, 0) is 9.59 Å². The lowest BCUT2D eigenvalue weighted by atomic mass is 10.1. The number of amides is 1. The van der Waals surface area contributed by atoms with E-state index in [2.05, 4.69) is 45.2 Å². The molecule has 6 heteroatoms. The molecular weight excluding hydrogens is 388 g/mol. The van der Waals surface area contributed by atoms with Crippen molar-refractivity contribution >= 4 is 22.5 Å². The summed E-state index contributed by atoms with van der Waals surface area (Å²) in [5.74, 6) is 1.19. The Kier molecular flexibility index (Phi) is 6.47. The SMILES string of the molecule is CCC(=O)CCCN1CCN(C(C)=O)C(c2ncc(-c3ccc4ccccc4c3)[nH]2)C1. The zero-order valence-electron chi connectivity index (χ0n) is 18.3. The highest BCUT2D eigenvalue weighted by Gasteiger charge is 2.31. The molecule has 0 saturated carbocycles. The van der Waals surface area contributed by atoms with Crippen LogP contribution in [0.25, 0.3) is 22.0 Å². The van der Waals surface area contributed by atoms with Gasteiger partial charge in [0.05, 0.1) is 11.9 Å². The zero-order valence-corrected chi connectivity index (χ0v) is 18.3. The molecule has 3 aromatic rings. The van der Waals surface area contributed by atoms with Gasteiger partial charge in [-0.3, -0.25) is 14.5 Å². The van der Waals surface area contributed by atoms with E-state index >= 15 is 0 Å². The van der Waals surface area contributed by atoms with Crippen molar-refractivity contribution in [3.05, 3.63) is 54.5 Å². The third kappa shape index (κ3) is 4.85. The van der Waals surface area contributed by atoms with Crippen LogP contribution >= 0.6 is 0 Å². The van der Waals surface area contributed by atoms with Crippen LogP contribution in [0.3, 0.4) is 0 Å². The van der Waals surface area contributed by atoms with E-state index in [1.807, 2.05) is 30.2 Å². The lowest BCUT2D eigenvalue weighted by molar-refractivity contribution is -0.134. The molecule has 1 N–H and O–H groups in total. The molecule has 1 saturated heterocycles. The van der Waals surface area contributed by atoms with E-state index in [4.69, 9.17) is 0 Å². The molecule has 1 atom stereocenters. The van der Waals surface area contributed by atoms with Gasteiger partial charge in [-0.15, -0.1) is 0 Å². The van der Waals surface area contributed by atoms with Crippen LogP contribution in [0.2, 0.25) is 0 Å². The fraction of sp³-hybridized carbons (Fsp3) is 0.400. The lowest BCUT2D eigenvalue weighted by Crippen LogP contribution is -2.50. The Balaban J connectivity index is 1.52. The smallest absolute Gasteiger partial charge is 0.220 e. The molecule has 1 amide bonds. The first-order chi connectivity index (χ1) is 15.0.